The van der Waals surface area contributed by atoms with Gasteiger partial charge in [0.05, 0.1) is 5.69 Å². The summed E-state index contributed by atoms with van der Waals surface area (Å²) < 4.78 is 0. The Morgan fingerprint density at radius 2 is 0.872 bits per heavy atom. The number of rotatable bonds is 3. The Kier molecular flexibility index (Phi) is 4.89. The first-order chi connectivity index (χ1) is 19.3. The van der Waals surface area contributed by atoms with Crippen LogP contribution in [0, 0.1) is 0 Å². The third-order valence-corrected chi connectivity index (χ3v) is 7.97. The van der Waals surface area contributed by atoms with E-state index in [1.54, 1.807) is 0 Å². The standard InChI is InChI=1S/C38H25N/c1-2-12-30(13-3-1)39(37-25-28-11-5-6-14-32(28)35-16-8-9-17-36(35)37)31-22-23-34-29(24-31)21-20-27-19-18-26-10-4-7-15-33(26)38(27)34/h1-25H. The molecule has 0 bridgehead atoms. The molecule has 8 aromatic carbocycles. The summed E-state index contributed by atoms with van der Waals surface area (Å²) in [4.78, 5) is 2.40. The highest BCUT2D eigenvalue weighted by Gasteiger charge is 2.18. The van der Waals surface area contributed by atoms with Crippen molar-refractivity contribution in [3.8, 4) is 0 Å². The van der Waals surface area contributed by atoms with Crippen molar-refractivity contribution in [2.24, 2.45) is 0 Å². The van der Waals surface area contributed by atoms with Gasteiger partial charge < -0.3 is 4.90 Å². The number of hydrogen-bond donors (Lipinski definition) is 0. The smallest absolute Gasteiger partial charge is 0.0546 e. The van der Waals surface area contributed by atoms with Gasteiger partial charge >= 0.3 is 0 Å². The number of anilines is 3. The van der Waals surface area contributed by atoms with E-state index in [2.05, 4.69) is 157 Å². The van der Waals surface area contributed by atoms with Crippen molar-refractivity contribution in [1.82, 2.24) is 0 Å². The van der Waals surface area contributed by atoms with Gasteiger partial charge in [-0.05, 0) is 78.8 Å². The zero-order chi connectivity index (χ0) is 25.8. The maximum atomic E-state index is 2.40. The minimum Gasteiger partial charge on any atom is -0.310 e. The Labute approximate surface area is 227 Å². The summed E-state index contributed by atoms with van der Waals surface area (Å²) >= 11 is 0. The van der Waals surface area contributed by atoms with Crippen LogP contribution >= 0.6 is 0 Å². The number of hydrogen-bond acceptors (Lipinski definition) is 1. The van der Waals surface area contributed by atoms with E-state index < -0.39 is 0 Å². The van der Waals surface area contributed by atoms with Crippen molar-refractivity contribution in [3.63, 3.8) is 0 Å². The van der Waals surface area contributed by atoms with Crippen LogP contribution in [0.25, 0.3) is 53.9 Å². The molecule has 0 unspecified atom stereocenters. The summed E-state index contributed by atoms with van der Waals surface area (Å²) in [6.45, 7) is 0. The number of para-hydroxylation sites is 1. The SMILES string of the molecule is c1ccc(N(c2ccc3c(ccc4ccc5ccccc5c43)c2)c2cc3ccccc3c3ccccc23)cc1. The van der Waals surface area contributed by atoms with Gasteiger partial charge in [0, 0.05) is 16.8 Å². The quantitative estimate of drug-likeness (QED) is 0.220. The Morgan fingerprint density at radius 1 is 0.308 bits per heavy atom. The summed E-state index contributed by atoms with van der Waals surface area (Å²) in [5.74, 6) is 0. The molecule has 182 valence electrons. The fraction of sp³-hybridized carbons (Fsp3) is 0. The molecule has 1 heteroatoms. The van der Waals surface area contributed by atoms with E-state index >= 15 is 0 Å². The molecule has 0 saturated carbocycles. The molecule has 0 heterocycles. The maximum Gasteiger partial charge on any atom is 0.0546 e. The molecule has 0 saturated heterocycles. The van der Waals surface area contributed by atoms with Crippen LogP contribution in [0.15, 0.2) is 152 Å². The lowest BCUT2D eigenvalue weighted by Crippen LogP contribution is -2.10. The highest BCUT2D eigenvalue weighted by atomic mass is 15.1. The first kappa shape index (κ1) is 21.9. The van der Waals surface area contributed by atoms with Gasteiger partial charge in [-0.3, -0.25) is 0 Å². The first-order valence-corrected chi connectivity index (χ1v) is 13.5. The van der Waals surface area contributed by atoms with E-state index in [1.807, 2.05) is 0 Å². The third kappa shape index (κ3) is 3.48. The van der Waals surface area contributed by atoms with Crippen molar-refractivity contribution < 1.29 is 0 Å². The zero-order valence-corrected chi connectivity index (χ0v) is 21.4. The molecule has 39 heavy (non-hydrogen) atoms. The van der Waals surface area contributed by atoms with Gasteiger partial charge in [0.25, 0.3) is 0 Å². The zero-order valence-electron chi connectivity index (χ0n) is 21.4. The van der Waals surface area contributed by atoms with Gasteiger partial charge in [-0.15, -0.1) is 0 Å². The minimum atomic E-state index is 1.14. The number of fused-ring (bicyclic) bond motifs is 8. The van der Waals surface area contributed by atoms with Gasteiger partial charge in [0.15, 0.2) is 0 Å². The lowest BCUT2D eigenvalue weighted by atomic mass is 9.95. The van der Waals surface area contributed by atoms with E-state index in [9.17, 15) is 0 Å². The highest BCUT2D eigenvalue weighted by Crippen LogP contribution is 2.43. The molecule has 8 aromatic rings. The van der Waals surface area contributed by atoms with Gasteiger partial charge in [-0.25, -0.2) is 0 Å². The van der Waals surface area contributed by atoms with Gasteiger partial charge in [0.1, 0.15) is 0 Å². The van der Waals surface area contributed by atoms with Crippen LogP contribution in [0.2, 0.25) is 0 Å². The fourth-order valence-electron chi connectivity index (χ4n) is 6.19. The van der Waals surface area contributed by atoms with Crippen molar-refractivity contribution >= 4 is 70.9 Å². The van der Waals surface area contributed by atoms with E-state index in [0.29, 0.717) is 0 Å². The monoisotopic (exact) mass is 495 g/mol. The normalized spacial score (nSPS) is 11.6. The molecule has 0 fully saturated rings. The number of nitrogens with zero attached hydrogens (tertiary/aromatic N) is 1. The fourth-order valence-corrected chi connectivity index (χ4v) is 6.19. The summed E-state index contributed by atoms with van der Waals surface area (Å²) in [5, 5.41) is 12.7. The molecule has 0 N–H and O–H groups in total. The molecule has 0 radical (unpaired) electrons. The Bertz CT molecular complexity index is 2180. The second-order valence-electron chi connectivity index (χ2n) is 10.2. The van der Waals surface area contributed by atoms with E-state index in [4.69, 9.17) is 0 Å². The maximum absolute atomic E-state index is 2.40. The molecule has 0 aromatic heterocycles. The second-order valence-corrected chi connectivity index (χ2v) is 10.2. The minimum absolute atomic E-state index is 1.14. The summed E-state index contributed by atoms with van der Waals surface area (Å²) in [6, 6.07) is 55.1. The average Bonchev–Trinajstić information content (AvgIpc) is 3.01. The second kappa shape index (κ2) is 8.72. The lowest BCUT2D eigenvalue weighted by molar-refractivity contribution is 1.31. The molecule has 0 aliphatic heterocycles. The molecular formula is C38H25N. The van der Waals surface area contributed by atoms with Crippen molar-refractivity contribution in [1.29, 1.82) is 0 Å². The van der Waals surface area contributed by atoms with Crippen LogP contribution in [0.3, 0.4) is 0 Å². The first-order valence-electron chi connectivity index (χ1n) is 13.5. The van der Waals surface area contributed by atoms with Gasteiger partial charge in [-0.2, -0.15) is 0 Å². The summed E-state index contributed by atoms with van der Waals surface area (Å²) in [6.07, 6.45) is 0. The largest absolute Gasteiger partial charge is 0.310 e. The molecule has 0 amide bonds. The molecule has 8 rings (SSSR count). The van der Waals surface area contributed by atoms with Crippen LogP contribution < -0.4 is 4.90 Å². The Hall–Kier alpha value is -5.14. The average molecular weight is 496 g/mol. The molecule has 0 aliphatic carbocycles. The molecule has 0 spiro atoms. The molecule has 0 aliphatic rings. The van der Waals surface area contributed by atoms with Crippen LogP contribution in [-0.4, -0.2) is 0 Å². The molecule has 0 atom stereocenters. The predicted molar refractivity (Wildman–Crippen MR) is 169 cm³/mol. The van der Waals surface area contributed by atoms with Crippen molar-refractivity contribution in [2.75, 3.05) is 4.90 Å². The Morgan fingerprint density at radius 3 is 1.69 bits per heavy atom. The van der Waals surface area contributed by atoms with E-state index in [-0.39, 0.29) is 0 Å². The van der Waals surface area contributed by atoms with Gasteiger partial charge in [-0.1, -0.05) is 121 Å². The van der Waals surface area contributed by atoms with Crippen molar-refractivity contribution in [3.05, 3.63) is 152 Å². The van der Waals surface area contributed by atoms with Crippen LogP contribution in [0.4, 0.5) is 17.1 Å². The lowest BCUT2D eigenvalue weighted by Gasteiger charge is -2.28. The van der Waals surface area contributed by atoms with Crippen LogP contribution in [0.5, 0.6) is 0 Å². The molecule has 1 nitrogen and oxygen atoms in total. The van der Waals surface area contributed by atoms with Crippen molar-refractivity contribution in [2.45, 2.75) is 0 Å². The van der Waals surface area contributed by atoms with E-state index in [1.165, 1.54) is 59.5 Å². The topological polar surface area (TPSA) is 3.24 Å². The summed E-state index contributed by atoms with van der Waals surface area (Å²) in [7, 11) is 0. The van der Waals surface area contributed by atoms with Crippen LogP contribution in [-0.2, 0) is 0 Å². The van der Waals surface area contributed by atoms with Gasteiger partial charge in [0.2, 0.25) is 0 Å². The Balaban J connectivity index is 1.43. The molecular weight excluding hydrogens is 470 g/mol. The predicted octanol–water partition coefficient (Wildman–Crippen LogP) is 10.9. The highest BCUT2D eigenvalue weighted by molar-refractivity contribution is 6.21. The summed E-state index contributed by atoms with van der Waals surface area (Å²) in [5.41, 5.74) is 3.47. The number of benzene rings is 8. The van der Waals surface area contributed by atoms with E-state index in [0.717, 1.165) is 11.4 Å². The van der Waals surface area contributed by atoms with Crippen LogP contribution in [0.1, 0.15) is 0 Å². The third-order valence-electron chi connectivity index (χ3n) is 7.97.